The van der Waals surface area contributed by atoms with Crippen molar-refractivity contribution >= 4 is 17.9 Å². The molecular weight excluding hydrogens is 240 g/mol. The van der Waals surface area contributed by atoms with E-state index in [0.29, 0.717) is 28.6 Å². The van der Waals surface area contributed by atoms with Gasteiger partial charge in [-0.2, -0.15) is 5.10 Å². The van der Waals surface area contributed by atoms with E-state index in [-0.39, 0.29) is 0 Å². The van der Waals surface area contributed by atoms with Crippen LogP contribution in [0.25, 0.3) is 11.3 Å². The van der Waals surface area contributed by atoms with Crippen molar-refractivity contribution in [3.8, 4) is 17.0 Å². The predicted molar refractivity (Wildman–Crippen MR) is 65.6 cm³/mol. The predicted octanol–water partition coefficient (Wildman–Crippen LogP) is 2.94. The number of ether oxygens (including phenoxy) is 1. The Kier molecular flexibility index (Phi) is 3.44. The van der Waals surface area contributed by atoms with Crippen LogP contribution in [0.5, 0.6) is 5.75 Å². The number of H-pyrrole nitrogens is 1. The zero-order valence-corrected chi connectivity index (χ0v) is 9.99. The number of carbonyl (C=O) groups excluding carboxylic acids is 1. The summed E-state index contributed by atoms with van der Waals surface area (Å²) in [5, 5.41) is 7.11. The van der Waals surface area contributed by atoms with Gasteiger partial charge in [0.15, 0.2) is 6.29 Å². The van der Waals surface area contributed by atoms with Crippen molar-refractivity contribution in [1.29, 1.82) is 0 Å². The highest BCUT2D eigenvalue weighted by molar-refractivity contribution is 6.32. The van der Waals surface area contributed by atoms with Crippen LogP contribution in [-0.2, 0) is 0 Å². The van der Waals surface area contributed by atoms with Crippen molar-refractivity contribution in [1.82, 2.24) is 10.2 Å². The van der Waals surface area contributed by atoms with E-state index in [4.69, 9.17) is 16.3 Å². The second kappa shape index (κ2) is 5.01. The first-order valence-corrected chi connectivity index (χ1v) is 5.55. The summed E-state index contributed by atoms with van der Waals surface area (Å²) in [5.74, 6) is 0.630. The second-order valence-electron chi connectivity index (χ2n) is 3.40. The monoisotopic (exact) mass is 250 g/mol. The molecule has 0 radical (unpaired) electrons. The van der Waals surface area contributed by atoms with Crippen molar-refractivity contribution in [3.63, 3.8) is 0 Å². The highest BCUT2D eigenvalue weighted by Gasteiger charge is 2.09. The number of rotatable bonds is 4. The van der Waals surface area contributed by atoms with E-state index in [1.54, 1.807) is 12.1 Å². The van der Waals surface area contributed by atoms with E-state index in [1.807, 2.05) is 13.0 Å². The molecule has 0 aliphatic heterocycles. The van der Waals surface area contributed by atoms with Crippen LogP contribution in [0, 0.1) is 0 Å². The molecule has 0 spiro atoms. The smallest absolute Gasteiger partial charge is 0.153 e. The van der Waals surface area contributed by atoms with Gasteiger partial charge in [-0.05, 0) is 25.1 Å². The number of aromatic amines is 1. The number of nitrogens with zero attached hydrogens (tertiary/aromatic N) is 1. The van der Waals surface area contributed by atoms with Gasteiger partial charge in [-0.1, -0.05) is 11.6 Å². The van der Waals surface area contributed by atoms with E-state index in [2.05, 4.69) is 10.2 Å². The second-order valence-corrected chi connectivity index (χ2v) is 3.80. The molecule has 0 saturated carbocycles. The Bertz CT molecular complexity index is 537. The Balaban J connectivity index is 2.41. The fourth-order valence-electron chi connectivity index (χ4n) is 1.54. The van der Waals surface area contributed by atoms with Crippen LogP contribution < -0.4 is 4.74 Å². The summed E-state index contributed by atoms with van der Waals surface area (Å²) in [6, 6.07) is 5.35. The van der Waals surface area contributed by atoms with Crippen LogP contribution in [0.15, 0.2) is 24.4 Å². The SMILES string of the molecule is CCOc1ccc(-c2[nH]ncc2C=O)cc1Cl. The summed E-state index contributed by atoms with van der Waals surface area (Å²) >= 11 is 6.07. The normalized spacial score (nSPS) is 10.2. The molecule has 1 N–H and O–H groups in total. The quantitative estimate of drug-likeness (QED) is 0.849. The van der Waals surface area contributed by atoms with Crippen molar-refractivity contribution in [2.24, 2.45) is 0 Å². The molecule has 0 atom stereocenters. The van der Waals surface area contributed by atoms with Crippen LogP contribution in [0.3, 0.4) is 0 Å². The summed E-state index contributed by atoms with van der Waals surface area (Å²) in [4.78, 5) is 10.8. The molecule has 0 unspecified atom stereocenters. The number of halogens is 1. The number of benzene rings is 1. The molecule has 1 heterocycles. The van der Waals surface area contributed by atoms with Crippen molar-refractivity contribution in [2.75, 3.05) is 6.61 Å². The molecule has 88 valence electrons. The Morgan fingerprint density at radius 1 is 1.53 bits per heavy atom. The lowest BCUT2D eigenvalue weighted by molar-refractivity contribution is 0.112. The molecular formula is C12H11ClN2O2. The fraction of sp³-hybridized carbons (Fsp3) is 0.167. The minimum absolute atomic E-state index is 0.505. The van der Waals surface area contributed by atoms with Crippen LogP contribution in [-0.4, -0.2) is 23.1 Å². The molecule has 0 fully saturated rings. The van der Waals surface area contributed by atoms with E-state index >= 15 is 0 Å². The lowest BCUT2D eigenvalue weighted by atomic mass is 10.1. The molecule has 1 aromatic heterocycles. The van der Waals surface area contributed by atoms with Gasteiger partial charge in [0.1, 0.15) is 5.75 Å². The third-order valence-electron chi connectivity index (χ3n) is 2.32. The lowest BCUT2D eigenvalue weighted by Gasteiger charge is -2.07. The number of carbonyl (C=O) groups is 1. The van der Waals surface area contributed by atoms with Gasteiger partial charge in [0, 0.05) is 5.56 Å². The highest BCUT2D eigenvalue weighted by atomic mass is 35.5. The zero-order chi connectivity index (χ0) is 12.3. The van der Waals surface area contributed by atoms with Crippen LogP contribution in [0.4, 0.5) is 0 Å². The Labute approximate surface area is 104 Å². The minimum Gasteiger partial charge on any atom is -0.492 e. The van der Waals surface area contributed by atoms with Crippen molar-refractivity contribution in [2.45, 2.75) is 6.92 Å². The van der Waals surface area contributed by atoms with Gasteiger partial charge in [0.2, 0.25) is 0 Å². The maximum absolute atomic E-state index is 10.8. The number of aromatic nitrogens is 2. The van der Waals surface area contributed by atoms with E-state index in [1.165, 1.54) is 6.20 Å². The average Bonchev–Trinajstić information content (AvgIpc) is 2.80. The summed E-state index contributed by atoms with van der Waals surface area (Å²) in [7, 11) is 0. The van der Waals surface area contributed by atoms with Gasteiger partial charge in [-0.3, -0.25) is 9.89 Å². The molecule has 4 nitrogen and oxygen atoms in total. The van der Waals surface area contributed by atoms with Crippen LogP contribution in [0.2, 0.25) is 5.02 Å². The minimum atomic E-state index is 0.505. The largest absolute Gasteiger partial charge is 0.492 e. The first-order chi connectivity index (χ1) is 8.26. The van der Waals surface area contributed by atoms with Gasteiger partial charge in [-0.15, -0.1) is 0 Å². The maximum atomic E-state index is 10.8. The summed E-state index contributed by atoms with van der Waals surface area (Å²) < 4.78 is 5.34. The summed E-state index contributed by atoms with van der Waals surface area (Å²) in [6.07, 6.45) is 2.23. The van der Waals surface area contributed by atoms with E-state index in [0.717, 1.165) is 11.8 Å². The molecule has 1 aromatic carbocycles. The fourth-order valence-corrected chi connectivity index (χ4v) is 1.78. The van der Waals surface area contributed by atoms with Crippen molar-refractivity contribution in [3.05, 3.63) is 35.0 Å². The number of nitrogens with one attached hydrogen (secondary N) is 1. The molecule has 5 heteroatoms. The van der Waals surface area contributed by atoms with Gasteiger partial charge in [0.05, 0.1) is 29.1 Å². The van der Waals surface area contributed by atoms with Crippen molar-refractivity contribution < 1.29 is 9.53 Å². The third kappa shape index (κ3) is 2.31. The molecule has 0 bridgehead atoms. The van der Waals surface area contributed by atoms with Crippen LogP contribution in [0.1, 0.15) is 17.3 Å². The summed E-state index contributed by atoms with van der Waals surface area (Å²) in [5.41, 5.74) is 1.97. The third-order valence-corrected chi connectivity index (χ3v) is 2.61. The first-order valence-electron chi connectivity index (χ1n) is 5.17. The first kappa shape index (κ1) is 11.7. The molecule has 2 rings (SSSR count). The standard InChI is InChI=1S/C12H11ClN2O2/c1-2-17-11-4-3-8(5-10(11)13)12-9(7-16)6-14-15-12/h3-7H,2H2,1H3,(H,14,15). The Morgan fingerprint density at radius 2 is 2.35 bits per heavy atom. The highest BCUT2D eigenvalue weighted by Crippen LogP contribution is 2.30. The molecule has 2 aromatic rings. The van der Waals surface area contributed by atoms with Gasteiger partial charge in [0.25, 0.3) is 0 Å². The molecule has 0 amide bonds. The average molecular weight is 251 g/mol. The van der Waals surface area contributed by atoms with Crippen LogP contribution >= 0.6 is 11.6 Å². The molecule has 0 aliphatic rings. The van der Waals surface area contributed by atoms with Gasteiger partial charge >= 0.3 is 0 Å². The van der Waals surface area contributed by atoms with Gasteiger partial charge < -0.3 is 4.74 Å². The zero-order valence-electron chi connectivity index (χ0n) is 9.24. The maximum Gasteiger partial charge on any atom is 0.153 e. The number of hydrogen-bond donors (Lipinski definition) is 1. The van der Waals surface area contributed by atoms with E-state index in [9.17, 15) is 4.79 Å². The number of aldehydes is 1. The molecule has 0 saturated heterocycles. The van der Waals surface area contributed by atoms with Gasteiger partial charge in [-0.25, -0.2) is 0 Å². The molecule has 0 aliphatic carbocycles. The lowest BCUT2D eigenvalue weighted by Crippen LogP contribution is -1.92. The molecule has 17 heavy (non-hydrogen) atoms. The number of hydrogen-bond acceptors (Lipinski definition) is 3. The Morgan fingerprint density at radius 3 is 3.00 bits per heavy atom. The Hall–Kier alpha value is -1.81. The summed E-state index contributed by atoms with van der Waals surface area (Å²) in [6.45, 7) is 2.45. The van der Waals surface area contributed by atoms with E-state index < -0.39 is 0 Å². The topological polar surface area (TPSA) is 55.0 Å².